The fourth-order valence-corrected chi connectivity index (χ4v) is 1.88. The Morgan fingerprint density at radius 2 is 2.22 bits per heavy atom. The highest BCUT2D eigenvalue weighted by atomic mass is 16.5. The van der Waals surface area contributed by atoms with Crippen molar-refractivity contribution in [3.05, 3.63) is 29.3 Å². The van der Waals surface area contributed by atoms with E-state index in [-0.39, 0.29) is 18.0 Å². The van der Waals surface area contributed by atoms with Gasteiger partial charge in [-0.25, -0.2) is 4.79 Å². The lowest BCUT2D eigenvalue weighted by molar-refractivity contribution is -0.141. The largest absolute Gasteiger partial charge is 0.478 e. The van der Waals surface area contributed by atoms with E-state index < -0.39 is 5.97 Å². The smallest absolute Gasteiger partial charge is 0.335 e. The molecule has 18 heavy (non-hydrogen) atoms. The number of benzene rings is 1. The van der Waals surface area contributed by atoms with Crippen LogP contribution in [-0.4, -0.2) is 29.4 Å². The Bertz CT molecular complexity index is 534. The highest BCUT2D eigenvalue weighted by Crippen LogP contribution is 2.28. The summed E-state index contributed by atoms with van der Waals surface area (Å²) in [4.78, 5) is 26.5. The molecule has 1 aliphatic rings. The van der Waals surface area contributed by atoms with Gasteiger partial charge in [0.25, 0.3) is 0 Å². The molecule has 0 radical (unpaired) electrons. The third-order valence-corrected chi connectivity index (χ3v) is 2.65. The van der Waals surface area contributed by atoms with E-state index in [2.05, 4.69) is 4.99 Å². The first-order valence-electron chi connectivity index (χ1n) is 5.68. The van der Waals surface area contributed by atoms with Crippen LogP contribution in [0.25, 0.3) is 0 Å². The second-order valence-electron chi connectivity index (χ2n) is 3.99. The van der Waals surface area contributed by atoms with E-state index in [4.69, 9.17) is 9.84 Å². The summed E-state index contributed by atoms with van der Waals surface area (Å²) in [5, 5.41) is 8.89. The normalized spacial score (nSPS) is 12.8. The standard InChI is InChI=1S/C13H13NO4/c1-2-18-12(15)7-10-6-9-5-8(13(16)17)3-4-11(9)14-10/h3-5H,2,6-7H2,1H3,(H,16,17). The molecule has 0 amide bonds. The molecule has 0 unspecified atom stereocenters. The number of ether oxygens (including phenoxy) is 1. The fourth-order valence-electron chi connectivity index (χ4n) is 1.88. The minimum Gasteiger partial charge on any atom is -0.478 e. The second-order valence-corrected chi connectivity index (χ2v) is 3.99. The van der Waals surface area contributed by atoms with E-state index in [0.29, 0.717) is 18.7 Å². The molecule has 0 aliphatic carbocycles. The highest BCUT2D eigenvalue weighted by Gasteiger charge is 2.19. The number of carbonyl (C=O) groups is 2. The Morgan fingerprint density at radius 1 is 1.44 bits per heavy atom. The minimum absolute atomic E-state index is 0.158. The lowest BCUT2D eigenvalue weighted by Gasteiger charge is -2.00. The van der Waals surface area contributed by atoms with Crippen molar-refractivity contribution in [1.82, 2.24) is 0 Å². The Hall–Kier alpha value is -2.17. The molecule has 1 N–H and O–H groups in total. The van der Waals surface area contributed by atoms with Gasteiger partial charge in [-0.15, -0.1) is 0 Å². The second kappa shape index (κ2) is 5.00. The van der Waals surface area contributed by atoms with Crippen molar-refractivity contribution in [2.45, 2.75) is 19.8 Å². The maximum absolute atomic E-state index is 11.3. The molecular formula is C13H13NO4. The van der Waals surface area contributed by atoms with Crippen LogP contribution in [0.15, 0.2) is 23.2 Å². The molecule has 0 atom stereocenters. The number of hydrogen-bond donors (Lipinski definition) is 1. The van der Waals surface area contributed by atoms with Crippen LogP contribution in [0.3, 0.4) is 0 Å². The number of carbonyl (C=O) groups excluding carboxylic acids is 1. The summed E-state index contributed by atoms with van der Waals surface area (Å²) in [7, 11) is 0. The fraction of sp³-hybridized carbons (Fsp3) is 0.308. The third-order valence-electron chi connectivity index (χ3n) is 2.65. The summed E-state index contributed by atoms with van der Waals surface area (Å²) in [5.41, 5.74) is 2.53. The minimum atomic E-state index is -0.961. The molecule has 1 heterocycles. The van der Waals surface area contributed by atoms with Crippen molar-refractivity contribution in [2.75, 3.05) is 6.61 Å². The van der Waals surface area contributed by atoms with Gasteiger partial charge in [0, 0.05) is 12.1 Å². The maximum atomic E-state index is 11.3. The zero-order valence-electron chi connectivity index (χ0n) is 9.97. The lowest BCUT2D eigenvalue weighted by Crippen LogP contribution is -2.11. The molecule has 0 saturated heterocycles. The summed E-state index contributed by atoms with van der Waals surface area (Å²) in [6, 6.07) is 4.77. The first-order valence-corrected chi connectivity index (χ1v) is 5.68. The number of carboxylic acid groups (broad SMARTS) is 1. The zero-order chi connectivity index (χ0) is 13.1. The van der Waals surface area contributed by atoms with Gasteiger partial charge in [0.2, 0.25) is 0 Å². The number of aromatic carboxylic acids is 1. The van der Waals surface area contributed by atoms with Gasteiger partial charge in [-0.05, 0) is 30.7 Å². The van der Waals surface area contributed by atoms with E-state index in [9.17, 15) is 9.59 Å². The van der Waals surface area contributed by atoms with Crippen LogP contribution < -0.4 is 0 Å². The molecule has 0 saturated carbocycles. The first-order chi connectivity index (χ1) is 8.60. The first kappa shape index (κ1) is 12.3. The Balaban J connectivity index is 2.10. The SMILES string of the molecule is CCOC(=O)CC1=Nc2ccc(C(=O)O)cc2C1. The van der Waals surface area contributed by atoms with Gasteiger partial charge in [0.15, 0.2) is 0 Å². The molecule has 1 aromatic rings. The lowest BCUT2D eigenvalue weighted by atomic mass is 10.1. The number of hydrogen-bond acceptors (Lipinski definition) is 4. The summed E-state index contributed by atoms with van der Waals surface area (Å²) in [6.07, 6.45) is 0.667. The summed E-state index contributed by atoms with van der Waals surface area (Å²) in [5.74, 6) is -1.26. The van der Waals surface area contributed by atoms with Crippen LogP contribution in [-0.2, 0) is 16.0 Å². The molecule has 94 valence electrons. The van der Waals surface area contributed by atoms with Gasteiger partial charge in [-0.2, -0.15) is 0 Å². The summed E-state index contributed by atoms with van der Waals surface area (Å²) >= 11 is 0. The van der Waals surface area contributed by atoms with Gasteiger partial charge < -0.3 is 9.84 Å². The number of fused-ring (bicyclic) bond motifs is 1. The van der Waals surface area contributed by atoms with Gasteiger partial charge in [-0.1, -0.05) is 0 Å². The molecule has 5 nitrogen and oxygen atoms in total. The molecule has 0 fully saturated rings. The average molecular weight is 247 g/mol. The number of aliphatic imine (C=N–C) groups is 1. The predicted octanol–water partition coefficient (Wildman–Crippen LogP) is 1.97. The maximum Gasteiger partial charge on any atom is 0.335 e. The molecule has 0 aromatic heterocycles. The molecule has 0 spiro atoms. The van der Waals surface area contributed by atoms with E-state index in [1.165, 1.54) is 6.07 Å². The van der Waals surface area contributed by atoms with Crippen LogP contribution in [0.2, 0.25) is 0 Å². The van der Waals surface area contributed by atoms with Gasteiger partial charge >= 0.3 is 11.9 Å². The van der Waals surface area contributed by atoms with Gasteiger partial charge in [0.1, 0.15) is 0 Å². The Labute approximate surface area is 104 Å². The van der Waals surface area contributed by atoms with Crippen molar-refractivity contribution in [3.63, 3.8) is 0 Å². The van der Waals surface area contributed by atoms with Gasteiger partial charge in [-0.3, -0.25) is 9.79 Å². The molecule has 1 aliphatic heterocycles. The summed E-state index contributed by atoms with van der Waals surface area (Å²) in [6.45, 7) is 2.10. The van der Waals surface area contributed by atoms with Crippen molar-refractivity contribution in [3.8, 4) is 0 Å². The van der Waals surface area contributed by atoms with Crippen LogP contribution in [0.5, 0.6) is 0 Å². The zero-order valence-corrected chi connectivity index (χ0v) is 9.97. The third kappa shape index (κ3) is 2.56. The van der Waals surface area contributed by atoms with E-state index in [0.717, 1.165) is 11.3 Å². The average Bonchev–Trinajstić information content (AvgIpc) is 2.69. The Kier molecular flexibility index (Phi) is 3.41. The van der Waals surface area contributed by atoms with Crippen molar-refractivity contribution < 1.29 is 19.4 Å². The molecule has 5 heteroatoms. The van der Waals surface area contributed by atoms with E-state index >= 15 is 0 Å². The predicted molar refractivity (Wildman–Crippen MR) is 65.5 cm³/mol. The van der Waals surface area contributed by atoms with Crippen LogP contribution in [0, 0.1) is 0 Å². The van der Waals surface area contributed by atoms with Crippen molar-refractivity contribution in [2.24, 2.45) is 4.99 Å². The number of carboxylic acids is 1. The number of esters is 1. The van der Waals surface area contributed by atoms with Crippen molar-refractivity contribution in [1.29, 1.82) is 0 Å². The topological polar surface area (TPSA) is 76.0 Å². The molecule has 2 rings (SSSR count). The van der Waals surface area contributed by atoms with Crippen LogP contribution in [0.4, 0.5) is 5.69 Å². The molecule has 1 aromatic carbocycles. The monoisotopic (exact) mass is 247 g/mol. The van der Waals surface area contributed by atoms with E-state index in [1.807, 2.05) is 0 Å². The van der Waals surface area contributed by atoms with Crippen LogP contribution >= 0.6 is 0 Å². The van der Waals surface area contributed by atoms with Crippen molar-refractivity contribution >= 4 is 23.3 Å². The quantitative estimate of drug-likeness (QED) is 0.825. The Morgan fingerprint density at radius 3 is 2.89 bits per heavy atom. The molecular weight excluding hydrogens is 234 g/mol. The summed E-state index contributed by atoms with van der Waals surface area (Å²) < 4.78 is 4.85. The number of rotatable bonds is 4. The van der Waals surface area contributed by atoms with E-state index in [1.54, 1.807) is 19.1 Å². The molecule has 0 bridgehead atoms. The van der Waals surface area contributed by atoms with Gasteiger partial charge in [0.05, 0.1) is 24.3 Å². The number of nitrogens with zero attached hydrogens (tertiary/aromatic N) is 1. The highest BCUT2D eigenvalue weighted by molar-refractivity contribution is 6.04. The van der Waals surface area contributed by atoms with Crippen LogP contribution in [0.1, 0.15) is 29.3 Å².